The number of fused-ring (bicyclic) bond motifs is 3. The molecule has 0 fully saturated rings. The van der Waals surface area contributed by atoms with Gasteiger partial charge in [-0.15, -0.1) is 0 Å². The minimum Gasteiger partial charge on any atom is -0.207 e. The van der Waals surface area contributed by atoms with E-state index >= 15 is 0 Å². The second-order valence-electron chi connectivity index (χ2n) is 5.85. The lowest BCUT2D eigenvalue weighted by atomic mass is 9.88. The van der Waals surface area contributed by atoms with Crippen LogP contribution in [0.1, 0.15) is 22.6 Å². The first-order valence-electron chi connectivity index (χ1n) is 7.42. The lowest BCUT2D eigenvalue weighted by molar-refractivity contribution is 0.406. The molecule has 3 aromatic carbocycles. The Morgan fingerprint density at radius 3 is 2.00 bits per heavy atom. The first-order valence-corrected chi connectivity index (χ1v) is 7.42. The van der Waals surface area contributed by atoms with E-state index in [0.29, 0.717) is 0 Å². The molecule has 0 saturated heterocycles. The maximum atomic E-state index is 14.5. The minimum atomic E-state index is -2.10. The van der Waals surface area contributed by atoms with Crippen LogP contribution in [0.5, 0.6) is 0 Å². The molecule has 0 N–H and O–H groups in total. The molecule has 1 atom stereocenters. The highest BCUT2D eigenvalue weighted by atomic mass is 19.2. The summed E-state index contributed by atoms with van der Waals surface area (Å²) in [5.41, 5.74) is -2.67. The Bertz CT molecular complexity index is 1070. The molecular formula is C19H7F7. The summed E-state index contributed by atoms with van der Waals surface area (Å²) >= 11 is 0. The average Bonchev–Trinajstić information content (AvgIpc) is 2.96. The molecule has 7 heteroatoms. The molecule has 0 heterocycles. The van der Waals surface area contributed by atoms with Crippen molar-refractivity contribution < 1.29 is 30.7 Å². The quantitative estimate of drug-likeness (QED) is 0.226. The third-order valence-electron chi connectivity index (χ3n) is 4.47. The molecule has 132 valence electrons. The predicted molar refractivity (Wildman–Crippen MR) is 79.0 cm³/mol. The molecule has 0 amide bonds. The van der Waals surface area contributed by atoms with Gasteiger partial charge in [0.2, 0.25) is 0 Å². The zero-order valence-corrected chi connectivity index (χ0v) is 12.7. The summed E-state index contributed by atoms with van der Waals surface area (Å²) in [5, 5.41) is 0. The van der Waals surface area contributed by atoms with Gasteiger partial charge in [-0.05, 0) is 29.8 Å². The fraction of sp³-hybridized carbons (Fsp3) is 0.0526. The largest absolute Gasteiger partial charge is 0.207 e. The van der Waals surface area contributed by atoms with Gasteiger partial charge in [-0.1, -0.05) is 12.1 Å². The predicted octanol–water partition coefficient (Wildman–Crippen LogP) is 5.82. The Labute approximate surface area is 142 Å². The highest BCUT2D eigenvalue weighted by molar-refractivity contribution is 5.82. The van der Waals surface area contributed by atoms with E-state index in [-0.39, 0.29) is 5.56 Å². The van der Waals surface area contributed by atoms with Crippen molar-refractivity contribution in [1.82, 2.24) is 0 Å². The van der Waals surface area contributed by atoms with Crippen molar-refractivity contribution in [3.05, 3.63) is 93.8 Å². The Morgan fingerprint density at radius 2 is 1.27 bits per heavy atom. The molecule has 4 rings (SSSR count). The van der Waals surface area contributed by atoms with Crippen LogP contribution < -0.4 is 0 Å². The number of hydrogen-bond acceptors (Lipinski definition) is 0. The number of hydrogen-bond donors (Lipinski definition) is 0. The number of benzene rings is 3. The van der Waals surface area contributed by atoms with Crippen molar-refractivity contribution in [3.8, 4) is 11.1 Å². The molecule has 0 spiro atoms. The van der Waals surface area contributed by atoms with Crippen molar-refractivity contribution in [3.63, 3.8) is 0 Å². The van der Waals surface area contributed by atoms with E-state index in [2.05, 4.69) is 0 Å². The van der Waals surface area contributed by atoms with Gasteiger partial charge in [-0.2, -0.15) is 0 Å². The number of rotatable bonds is 1. The maximum absolute atomic E-state index is 14.5. The van der Waals surface area contributed by atoms with Gasteiger partial charge in [-0.3, -0.25) is 0 Å². The summed E-state index contributed by atoms with van der Waals surface area (Å²) in [6.07, 6.45) is 0. The summed E-state index contributed by atoms with van der Waals surface area (Å²) in [6, 6.07) is 5.65. The second-order valence-corrected chi connectivity index (χ2v) is 5.85. The molecule has 0 aliphatic heterocycles. The Morgan fingerprint density at radius 1 is 0.577 bits per heavy atom. The molecule has 1 aliphatic carbocycles. The molecule has 3 aromatic rings. The van der Waals surface area contributed by atoms with Crippen LogP contribution in [-0.4, -0.2) is 0 Å². The molecule has 0 bridgehead atoms. The normalized spacial score (nSPS) is 15.1. The van der Waals surface area contributed by atoms with Crippen LogP contribution in [0, 0.1) is 40.7 Å². The smallest absolute Gasteiger partial charge is 0.198 e. The van der Waals surface area contributed by atoms with Crippen LogP contribution in [0.15, 0.2) is 36.4 Å². The van der Waals surface area contributed by atoms with Crippen molar-refractivity contribution in [2.75, 3.05) is 0 Å². The fourth-order valence-electron chi connectivity index (χ4n) is 3.42. The average molecular weight is 368 g/mol. The molecule has 0 radical (unpaired) electrons. The molecule has 0 aromatic heterocycles. The van der Waals surface area contributed by atoms with Gasteiger partial charge in [0.15, 0.2) is 23.3 Å². The van der Waals surface area contributed by atoms with Crippen LogP contribution >= 0.6 is 0 Å². The minimum absolute atomic E-state index is 0.118. The van der Waals surface area contributed by atoms with Crippen molar-refractivity contribution in [2.24, 2.45) is 0 Å². The van der Waals surface area contributed by atoms with Gasteiger partial charge in [0, 0.05) is 28.2 Å². The first kappa shape index (κ1) is 16.6. The molecule has 26 heavy (non-hydrogen) atoms. The highest BCUT2D eigenvalue weighted by Gasteiger charge is 2.41. The van der Waals surface area contributed by atoms with E-state index in [1.807, 2.05) is 0 Å². The van der Waals surface area contributed by atoms with E-state index in [1.165, 1.54) is 12.1 Å². The van der Waals surface area contributed by atoms with Crippen LogP contribution in [-0.2, 0) is 0 Å². The second kappa shape index (κ2) is 5.59. The topological polar surface area (TPSA) is 0 Å². The summed E-state index contributed by atoms with van der Waals surface area (Å²) in [7, 11) is 0. The third kappa shape index (κ3) is 2.09. The number of halogens is 7. The van der Waals surface area contributed by atoms with E-state index in [1.54, 1.807) is 0 Å². The molecule has 1 aliphatic rings. The molecule has 0 saturated carbocycles. The van der Waals surface area contributed by atoms with Gasteiger partial charge in [0.05, 0.1) is 0 Å². The SMILES string of the molecule is Fc1ccc(F)c(C2c3cccc(F)c3-c3c(F)c(F)c(F)c(F)c32)c1. The molecular weight excluding hydrogens is 361 g/mol. The van der Waals surface area contributed by atoms with E-state index in [9.17, 15) is 30.7 Å². The van der Waals surface area contributed by atoms with E-state index in [4.69, 9.17) is 0 Å². The van der Waals surface area contributed by atoms with Crippen LogP contribution in [0.4, 0.5) is 30.7 Å². The standard InChI is InChI=1S/C19H7F7/c20-7-4-5-10(21)9(6-7)12-8-2-1-3-11(22)13(8)15-14(12)16(23)18(25)19(26)17(15)24/h1-6,12H. The van der Waals surface area contributed by atoms with Crippen molar-refractivity contribution >= 4 is 0 Å². The van der Waals surface area contributed by atoms with Gasteiger partial charge >= 0.3 is 0 Å². The Balaban J connectivity index is 2.18. The van der Waals surface area contributed by atoms with Crippen LogP contribution in [0.3, 0.4) is 0 Å². The third-order valence-corrected chi connectivity index (χ3v) is 4.47. The Hall–Kier alpha value is -2.83. The van der Waals surface area contributed by atoms with Crippen LogP contribution in [0.2, 0.25) is 0 Å². The summed E-state index contributed by atoms with van der Waals surface area (Å²) in [6.45, 7) is 0. The van der Waals surface area contributed by atoms with Gasteiger partial charge in [0.25, 0.3) is 0 Å². The van der Waals surface area contributed by atoms with Crippen molar-refractivity contribution in [2.45, 2.75) is 5.92 Å². The van der Waals surface area contributed by atoms with Crippen LogP contribution in [0.25, 0.3) is 11.1 Å². The fourth-order valence-corrected chi connectivity index (χ4v) is 3.42. The monoisotopic (exact) mass is 368 g/mol. The van der Waals surface area contributed by atoms with E-state index < -0.39 is 68.9 Å². The first-order chi connectivity index (χ1) is 12.3. The summed E-state index contributed by atoms with van der Waals surface area (Å²) < 4.78 is 98.5. The molecule has 1 unspecified atom stereocenters. The maximum Gasteiger partial charge on any atom is 0.198 e. The zero-order chi connectivity index (χ0) is 18.7. The lowest BCUT2D eigenvalue weighted by Gasteiger charge is -2.16. The van der Waals surface area contributed by atoms with Crippen molar-refractivity contribution in [1.29, 1.82) is 0 Å². The zero-order valence-electron chi connectivity index (χ0n) is 12.7. The summed E-state index contributed by atoms with van der Waals surface area (Å²) in [4.78, 5) is 0. The van der Waals surface area contributed by atoms with Gasteiger partial charge < -0.3 is 0 Å². The van der Waals surface area contributed by atoms with E-state index in [0.717, 1.165) is 24.3 Å². The lowest BCUT2D eigenvalue weighted by Crippen LogP contribution is -2.08. The Kier molecular flexibility index (Phi) is 3.57. The van der Waals surface area contributed by atoms with Gasteiger partial charge in [0.1, 0.15) is 17.5 Å². The molecule has 0 nitrogen and oxygen atoms in total. The highest BCUT2D eigenvalue weighted by Crippen LogP contribution is 2.52. The van der Waals surface area contributed by atoms with Gasteiger partial charge in [-0.25, -0.2) is 30.7 Å². The summed E-state index contributed by atoms with van der Waals surface area (Å²) in [5.74, 6) is -12.2.